The lowest BCUT2D eigenvalue weighted by Crippen LogP contribution is -2.07. The Labute approximate surface area is 171 Å². The van der Waals surface area contributed by atoms with Crippen molar-refractivity contribution < 1.29 is 13.2 Å². The van der Waals surface area contributed by atoms with Gasteiger partial charge >= 0.3 is 6.18 Å². The summed E-state index contributed by atoms with van der Waals surface area (Å²) in [4.78, 5) is 15.2. The molecule has 28 heavy (non-hydrogen) atoms. The summed E-state index contributed by atoms with van der Waals surface area (Å²) >= 11 is 18.2. The molecule has 142 valence electrons. The Hall–Kier alpha value is -2.67. The number of alkyl halides is 3. The lowest BCUT2D eigenvalue weighted by Gasteiger charge is -2.11. The van der Waals surface area contributed by atoms with Gasteiger partial charge in [-0.15, -0.1) is 4.68 Å². The quantitative estimate of drug-likeness (QED) is 0.375. The first-order valence-electron chi connectivity index (χ1n) is 7.25. The molecule has 1 aromatic carbocycles. The first kappa shape index (κ1) is 20.1. The number of aliphatic imine (C=N–C) groups is 1. The third-order valence-corrected chi connectivity index (χ3v) is 4.19. The first-order valence-corrected chi connectivity index (χ1v) is 8.39. The maximum atomic E-state index is 12.9. The largest absolute Gasteiger partial charge is 0.416 e. The maximum absolute atomic E-state index is 12.9. The van der Waals surface area contributed by atoms with Crippen LogP contribution in [0.1, 0.15) is 11.3 Å². The summed E-state index contributed by atoms with van der Waals surface area (Å²) in [5, 5.41) is 3.24. The summed E-state index contributed by atoms with van der Waals surface area (Å²) in [5.41, 5.74) is -0.856. The summed E-state index contributed by atoms with van der Waals surface area (Å²) in [6, 6.07) is 2.69. The van der Waals surface area contributed by atoms with Crippen molar-refractivity contribution >= 4 is 51.6 Å². The Balaban J connectivity index is 2.17. The van der Waals surface area contributed by atoms with Gasteiger partial charge in [-0.25, -0.2) is 4.99 Å². The van der Waals surface area contributed by atoms with E-state index in [0.717, 1.165) is 4.68 Å². The fourth-order valence-electron chi connectivity index (χ4n) is 2.15. The van der Waals surface area contributed by atoms with Gasteiger partial charge in [-0.1, -0.05) is 41.4 Å². The average molecular weight is 446 g/mol. The molecule has 2 aromatic heterocycles. The van der Waals surface area contributed by atoms with E-state index in [1.54, 1.807) is 0 Å². The lowest BCUT2D eigenvalue weighted by molar-refractivity contribution is -0.137. The van der Waals surface area contributed by atoms with Crippen molar-refractivity contribution in [1.82, 2.24) is 19.7 Å². The zero-order valence-electron chi connectivity index (χ0n) is 13.4. The maximum Gasteiger partial charge on any atom is 0.416 e. The molecule has 0 unspecified atom stereocenters. The first-order chi connectivity index (χ1) is 13.2. The monoisotopic (exact) mass is 444 g/mol. The number of benzene rings is 1. The second-order valence-electron chi connectivity index (χ2n) is 5.16. The molecule has 0 aliphatic carbocycles. The van der Waals surface area contributed by atoms with Gasteiger partial charge in [0.25, 0.3) is 5.82 Å². The Morgan fingerprint density at radius 1 is 1.14 bits per heavy atom. The highest BCUT2D eigenvalue weighted by Gasteiger charge is 2.33. The minimum atomic E-state index is -4.63. The molecule has 0 bridgehead atoms. The lowest BCUT2D eigenvalue weighted by atomic mass is 10.2. The van der Waals surface area contributed by atoms with Crippen molar-refractivity contribution in [2.45, 2.75) is 6.18 Å². The van der Waals surface area contributed by atoms with Crippen molar-refractivity contribution in [2.24, 2.45) is 4.99 Å². The van der Waals surface area contributed by atoms with Crippen LogP contribution in [0.4, 0.5) is 24.8 Å². The van der Waals surface area contributed by atoms with Crippen LogP contribution in [-0.4, -0.2) is 24.9 Å². The molecule has 0 saturated carbocycles. The van der Waals surface area contributed by atoms with E-state index in [1.807, 2.05) is 0 Å². The summed E-state index contributed by atoms with van der Waals surface area (Å²) in [6.45, 7) is 7.12. The zero-order chi connectivity index (χ0) is 20.5. The number of rotatable bonds is 3. The summed E-state index contributed by atoms with van der Waals surface area (Å²) in [5.74, 6) is -0.0698. The fraction of sp³-hybridized carbons (Fsp3) is 0.0625. The van der Waals surface area contributed by atoms with E-state index in [-0.39, 0.29) is 38.2 Å². The van der Waals surface area contributed by atoms with Gasteiger partial charge < -0.3 is 4.85 Å². The number of hydrogen-bond donors (Lipinski definition) is 0. The molecule has 2 heterocycles. The number of hydrogen-bond acceptors (Lipinski definition) is 4. The second-order valence-corrected chi connectivity index (χ2v) is 6.34. The third-order valence-electron chi connectivity index (χ3n) is 3.34. The molecule has 0 fully saturated rings. The van der Waals surface area contributed by atoms with E-state index in [0.29, 0.717) is 12.1 Å². The van der Waals surface area contributed by atoms with Crippen molar-refractivity contribution in [3.63, 3.8) is 0 Å². The van der Waals surface area contributed by atoms with Gasteiger partial charge in [0.05, 0.1) is 21.8 Å². The minimum absolute atomic E-state index is 0.0187. The second kappa shape index (κ2) is 7.75. The fourth-order valence-corrected chi connectivity index (χ4v) is 2.98. The molecule has 3 aromatic rings. The summed E-state index contributed by atoms with van der Waals surface area (Å²) in [7, 11) is 0. The zero-order valence-corrected chi connectivity index (χ0v) is 15.7. The van der Waals surface area contributed by atoms with Crippen LogP contribution in [0, 0.1) is 6.57 Å². The molecule has 3 rings (SSSR count). The Morgan fingerprint density at radius 3 is 2.36 bits per heavy atom. The van der Waals surface area contributed by atoms with E-state index in [1.165, 1.54) is 24.7 Å². The highest BCUT2D eigenvalue weighted by Crippen LogP contribution is 2.39. The highest BCUT2D eigenvalue weighted by molar-refractivity contribution is 6.69. The van der Waals surface area contributed by atoms with Crippen LogP contribution in [0.25, 0.3) is 10.5 Å². The van der Waals surface area contributed by atoms with Crippen LogP contribution in [-0.2, 0) is 6.18 Å². The summed E-state index contributed by atoms with van der Waals surface area (Å²) in [6.07, 6.45) is -0.427. The molecule has 0 aliphatic rings. The van der Waals surface area contributed by atoms with E-state index < -0.39 is 11.7 Å². The van der Waals surface area contributed by atoms with Gasteiger partial charge in [0.2, 0.25) is 0 Å². The van der Waals surface area contributed by atoms with Crippen LogP contribution >= 0.6 is 34.8 Å². The standard InChI is InChI=1S/C16H6Cl3F3N6/c1-23-12-6-13(26-15(19)11-7-24-2-3-25-11)28(27-12)14-9(17)4-8(5-10(14)18)16(20,21)22/h2-7H. The third kappa shape index (κ3) is 4.09. The predicted octanol–water partition coefficient (Wildman–Crippen LogP) is 5.86. The van der Waals surface area contributed by atoms with Gasteiger partial charge in [-0.3, -0.25) is 9.97 Å². The van der Waals surface area contributed by atoms with Crippen LogP contribution in [0.5, 0.6) is 0 Å². The molecular weight excluding hydrogens is 440 g/mol. The van der Waals surface area contributed by atoms with Crippen molar-refractivity contribution in [3.8, 4) is 5.69 Å². The molecule has 0 radical (unpaired) electrons. The van der Waals surface area contributed by atoms with E-state index >= 15 is 0 Å². The van der Waals surface area contributed by atoms with E-state index in [9.17, 15) is 13.2 Å². The van der Waals surface area contributed by atoms with Crippen molar-refractivity contribution in [3.05, 3.63) is 69.5 Å². The Kier molecular flexibility index (Phi) is 5.56. The van der Waals surface area contributed by atoms with Crippen LogP contribution in [0.3, 0.4) is 0 Å². The van der Waals surface area contributed by atoms with Crippen LogP contribution in [0.2, 0.25) is 10.0 Å². The molecule has 0 spiro atoms. The molecule has 0 atom stereocenters. The van der Waals surface area contributed by atoms with Gasteiger partial charge in [-0.2, -0.15) is 13.2 Å². The Morgan fingerprint density at radius 2 is 1.82 bits per heavy atom. The van der Waals surface area contributed by atoms with Crippen molar-refractivity contribution in [1.29, 1.82) is 0 Å². The van der Waals surface area contributed by atoms with Crippen LogP contribution < -0.4 is 0 Å². The molecular formula is C16H6Cl3F3N6. The minimum Gasteiger partial charge on any atom is -0.359 e. The topological polar surface area (TPSA) is 60.3 Å². The molecule has 0 N–H and O–H groups in total. The number of nitrogens with zero attached hydrogens (tertiary/aromatic N) is 6. The molecule has 6 nitrogen and oxygen atoms in total. The van der Waals surface area contributed by atoms with E-state index in [4.69, 9.17) is 41.4 Å². The number of aromatic nitrogens is 4. The average Bonchev–Trinajstić information content (AvgIpc) is 3.03. The van der Waals surface area contributed by atoms with Crippen molar-refractivity contribution in [2.75, 3.05) is 0 Å². The van der Waals surface area contributed by atoms with Crippen LogP contribution in [0.15, 0.2) is 41.8 Å². The number of halogens is 6. The Bertz CT molecular complexity index is 1080. The normalized spacial score (nSPS) is 12.1. The van der Waals surface area contributed by atoms with Gasteiger partial charge in [-0.05, 0) is 17.2 Å². The van der Waals surface area contributed by atoms with Gasteiger partial charge in [0.15, 0.2) is 11.0 Å². The van der Waals surface area contributed by atoms with Gasteiger partial charge in [0, 0.05) is 18.5 Å². The van der Waals surface area contributed by atoms with E-state index in [2.05, 4.69) is 24.9 Å². The highest BCUT2D eigenvalue weighted by atomic mass is 35.5. The predicted molar refractivity (Wildman–Crippen MR) is 98.9 cm³/mol. The molecule has 12 heteroatoms. The van der Waals surface area contributed by atoms with Gasteiger partial charge in [0.1, 0.15) is 11.4 Å². The smallest absolute Gasteiger partial charge is 0.359 e. The SMILES string of the molecule is [C-]#[N+]c1cc(N=C(Cl)c2cnccn2)n(-c2c(Cl)cc(C(F)(F)F)cc2Cl)n1. The molecule has 0 aliphatic heterocycles. The molecule has 0 saturated heterocycles. The molecule has 0 amide bonds. The summed E-state index contributed by atoms with van der Waals surface area (Å²) < 4.78 is 39.9.